The SMILES string of the molecule is CC(OC(=O)C=Cc1ccc(O)cc1)C1CCC2C3CC=C4CC(O)CCC4(C)C3CCC12C. The Morgan fingerprint density at radius 3 is 2.62 bits per heavy atom. The lowest BCUT2D eigenvalue weighted by molar-refractivity contribution is -0.149. The molecular formula is C30H40O4. The molecule has 184 valence electrons. The Morgan fingerprint density at radius 2 is 1.85 bits per heavy atom. The molecule has 0 radical (unpaired) electrons. The van der Waals surface area contributed by atoms with Crippen LogP contribution in [0.3, 0.4) is 0 Å². The largest absolute Gasteiger partial charge is 0.508 e. The molecule has 2 N–H and O–H groups in total. The van der Waals surface area contributed by atoms with Gasteiger partial charge in [-0.2, -0.15) is 0 Å². The van der Waals surface area contributed by atoms with E-state index >= 15 is 0 Å². The molecule has 4 heteroatoms. The highest BCUT2D eigenvalue weighted by molar-refractivity contribution is 5.87. The van der Waals surface area contributed by atoms with Crippen LogP contribution in [-0.2, 0) is 9.53 Å². The molecule has 8 atom stereocenters. The number of rotatable bonds is 4. The summed E-state index contributed by atoms with van der Waals surface area (Å²) in [4.78, 5) is 12.6. The van der Waals surface area contributed by atoms with Crippen molar-refractivity contribution in [2.45, 2.75) is 84.3 Å². The van der Waals surface area contributed by atoms with Crippen molar-refractivity contribution in [3.05, 3.63) is 47.6 Å². The van der Waals surface area contributed by atoms with Crippen LogP contribution in [0.1, 0.15) is 77.7 Å². The molecule has 8 unspecified atom stereocenters. The smallest absolute Gasteiger partial charge is 0.331 e. The van der Waals surface area contributed by atoms with E-state index in [4.69, 9.17) is 4.74 Å². The number of aromatic hydroxyl groups is 1. The Bertz CT molecular complexity index is 978. The summed E-state index contributed by atoms with van der Waals surface area (Å²) in [6, 6.07) is 6.79. The number of aliphatic hydroxyl groups excluding tert-OH is 1. The molecular weight excluding hydrogens is 424 g/mol. The minimum atomic E-state index is -0.292. The fourth-order valence-corrected chi connectivity index (χ4v) is 8.51. The maximum Gasteiger partial charge on any atom is 0.331 e. The number of benzene rings is 1. The molecule has 4 aliphatic carbocycles. The number of phenolic OH excluding ortho intramolecular Hbond substituents is 1. The summed E-state index contributed by atoms with van der Waals surface area (Å²) in [5.41, 5.74) is 2.87. The van der Waals surface area contributed by atoms with E-state index in [2.05, 4.69) is 26.8 Å². The lowest BCUT2D eigenvalue weighted by atomic mass is 9.47. The highest BCUT2D eigenvalue weighted by Crippen LogP contribution is 2.66. The lowest BCUT2D eigenvalue weighted by Crippen LogP contribution is -2.51. The highest BCUT2D eigenvalue weighted by atomic mass is 16.5. The maximum atomic E-state index is 12.6. The molecule has 34 heavy (non-hydrogen) atoms. The van der Waals surface area contributed by atoms with Crippen molar-refractivity contribution in [2.75, 3.05) is 0 Å². The van der Waals surface area contributed by atoms with Gasteiger partial charge in [0, 0.05) is 12.0 Å². The molecule has 0 aliphatic heterocycles. The average Bonchev–Trinajstić information content (AvgIpc) is 3.16. The Kier molecular flexibility index (Phi) is 6.16. The van der Waals surface area contributed by atoms with Gasteiger partial charge in [-0.1, -0.05) is 37.6 Å². The lowest BCUT2D eigenvalue weighted by Gasteiger charge is -2.58. The summed E-state index contributed by atoms with van der Waals surface area (Å²) in [7, 11) is 0. The van der Waals surface area contributed by atoms with Crippen LogP contribution in [0.15, 0.2) is 42.0 Å². The number of fused-ring (bicyclic) bond motifs is 5. The number of phenols is 1. The molecule has 0 spiro atoms. The topological polar surface area (TPSA) is 66.8 Å². The number of hydrogen-bond donors (Lipinski definition) is 2. The van der Waals surface area contributed by atoms with Crippen molar-refractivity contribution in [3.63, 3.8) is 0 Å². The van der Waals surface area contributed by atoms with Gasteiger partial charge in [-0.05, 0) is 111 Å². The summed E-state index contributed by atoms with van der Waals surface area (Å²) in [5, 5.41) is 19.7. The van der Waals surface area contributed by atoms with Crippen LogP contribution in [0.25, 0.3) is 6.08 Å². The Hall–Kier alpha value is -2.07. The molecule has 0 amide bonds. The first-order valence-corrected chi connectivity index (χ1v) is 13.3. The molecule has 5 rings (SSSR count). The van der Waals surface area contributed by atoms with Crippen LogP contribution in [-0.4, -0.2) is 28.4 Å². The van der Waals surface area contributed by atoms with Gasteiger partial charge in [0.15, 0.2) is 0 Å². The van der Waals surface area contributed by atoms with Crippen LogP contribution in [0.4, 0.5) is 0 Å². The average molecular weight is 465 g/mol. The molecule has 1 aromatic rings. The van der Waals surface area contributed by atoms with Gasteiger partial charge in [-0.15, -0.1) is 0 Å². The van der Waals surface area contributed by atoms with Crippen LogP contribution in [0.2, 0.25) is 0 Å². The fourth-order valence-electron chi connectivity index (χ4n) is 8.51. The Balaban J connectivity index is 1.27. The van der Waals surface area contributed by atoms with Crippen molar-refractivity contribution in [3.8, 4) is 5.75 Å². The van der Waals surface area contributed by atoms with Gasteiger partial charge in [0.05, 0.1) is 6.10 Å². The molecule has 0 heterocycles. The van der Waals surface area contributed by atoms with Crippen molar-refractivity contribution in [1.29, 1.82) is 0 Å². The second-order valence-corrected chi connectivity index (χ2v) is 12.0. The van der Waals surface area contributed by atoms with Gasteiger partial charge < -0.3 is 14.9 Å². The standard InChI is InChI=1S/C30H40O4/c1-19(34-28(33)13-6-20-4-8-22(31)9-5-20)25-11-12-26-24-10-7-21-18-23(32)14-16-29(21,2)27(24)15-17-30(25,26)3/h4-9,13,19,23-27,31-32H,10-12,14-18H2,1-3H3. The number of carbonyl (C=O) groups is 1. The van der Waals surface area contributed by atoms with Crippen LogP contribution < -0.4 is 0 Å². The first kappa shape index (κ1) is 23.7. The summed E-state index contributed by atoms with van der Waals surface area (Å²) in [6.45, 7) is 7.02. The second-order valence-electron chi connectivity index (χ2n) is 12.0. The van der Waals surface area contributed by atoms with Crippen LogP contribution in [0.5, 0.6) is 5.75 Å². The van der Waals surface area contributed by atoms with Crippen molar-refractivity contribution < 1.29 is 19.7 Å². The monoisotopic (exact) mass is 464 g/mol. The minimum absolute atomic E-state index is 0.0985. The highest BCUT2D eigenvalue weighted by Gasteiger charge is 2.59. The quantitative estimate of drug-likeness (QED) is 0.313. The molecule has 0 saturated heterocycles. The molecule has 0 aromatic heterocycles. The number of allylic oxidation sites excluding steroid dienone is 1. The van der Waals surface area contributed by atoms with Crippen LogP contribution in [0, 0.1) is 34.5 Å². The number of aliphatic hydroxyl groups is 1. The normalized spacial score (nSPS) is 40.1. The van der Waals surface area contributed by atoms with Crippen molar-refractivity contribution in [2.24, 2.45) is 34.5 Å². The summed E-state index contributed by atoms with van der Waals surface area (Å²) >= 11 is 0. The third kappa shape index (κ3) is 4.02. The van der Waals surface area contributed by atoms with E-state index in [-0.39, 0.29) is 34.8 Å². The zero-order valence-corrected chi connectivity index (χ0v) is 20.9. The third-order valence-corrected chi connectivity index (χ3v) is 10.3. The van der Waals surface area contributed by atoms with E-state index in [9.17, 15) is 15.0 Å². The van der Waals surface area contributed by atoms with Gasteiger partial charge in [-0.25, -0.2) is 4.79 Å². The van der Waals surface area contributed by atoms with Crippen molar-refractivity contribution in [1.82, 2.24) is 0 Å². The van der Waals surface area contributed by atoms with E-state index in [1.807, 2.05) is 0 Å². The van der Waals surface area contributed by atoms with Gasteiger partial charge in [0.2, 0.25) is 0 Å². The van der Waals surface area contributed by atoms with E-state index in [0.717, 1.165) is 43.6 Å². The van der Waals surface area contributed by atoms with E-state index < -0.39 is 0 Å². The van der Waals surface area contributed by atoms with Crippen LogP contribution >= 0.6 is 0 Å². The second kappa shape index (κ2) is 8.86. The fraction of sp³-hybridized carbons (Fsp3) is 0.633. The maximum absolute atomic E-state index is 12.6. The van der Waals surface area contributed by atoms with Gasteiger partial charge >= 0.3 is 5.97 Å². The van der Waals surface area contributed by atoms with Crippen molar-refractivity contribution >= 4 is 12.0 Å². The summed E-state index contributed by atoms with van der Waals surface area (Å²) < 4.78 is 5.93. The zero-order chi connectivity index (χ0) is 24.1. The van der Waals surface area contributed by atoms with E-state index in [0.29, 0.717) is 17.8 Å². The predicted octanol–water partition coefficient (Wildman–Crippen LogP) is 6.28. The zero-order valence-electron chi connectivity index (χ0n) is 20.9. The first-order valence-electron chi connectivity index (χ1n) is 13.3. The van der Waals surface area contributed by atoms with Gasteiger partial charge in [-0.3, -0.25) is 0 Å². The summed E-state index contributed by atoms with van der Waals surface area (Å²) in [5.74, 6) is 2.45. The number of hydrogen-bond acceptors (Lipinski definition) is 4. The molecule has 3 saturated carbocycles. The molecule has 0 bridgehead atoms. The number of esters is 1. The molecule has 3 fully saturated rings. The van der Waals surface area contributed by atoms with Gasteiger partial charge in [0.1, 0.15) is 11.9 Å². The molecule has 4 nitrogen and oxygen atoms in total. The number of ether oxygens (including phenoxy) is 1. The molecule has 1 aromatic carbocycles. The minimum Gasteiger partial charge on any atom is -0.508 e. The van der Waals surface area contributed by atoms with E-state index in [1.165, 1.54) is 30.9 Å². The first-order chi connectivity index (χ1) is 16.2. The predicted molar refractivity (Wildman–Crippen MR) is 134 cm³/mol. The Labute approximate surface area is 204 Å². The summed E-state index contributed by atoms with van der Waals surface area (Å²) in [6.07, 6.45) is 14.4. The third-order valence-electron chi connectivity index (χ3n) is 10.3. The number of carbonyl (C=O) groups excluding carboxylic acids is 1. The van der Waals surface area contributed by atoms with Gasteiger partial charge in [0.25, 0.3) is 0 Å². The Morgan fingerprint density at radius 1 is 1.09 bits per heavy atom. The van der Waals surface area contributed by atoms with E-state index in [1.54, 1.807) is 30.3 Å². The molecule has 4 aliphatic rings.